The van der Waals surface area contributed by atoms with Crippen LogP contribution in [0, 0.1) is 10.8 Å². The predicted octanol–water partition coefficient (Wildman–Crippen LogP) is 0.370. The van der Waals surface area contributed by atoms with Crippen molar-refractivity contribution in [2.45, 2.75) is 0 Å². The van der Waals surface area contributed by atoms with E-state index in [1.54, 1.807) is 19.2 Å². The van der Waals surface area contributed by atoms with E-state index in [0.29, 0.717) is 5.88 Å². The highest BCUT2D eigenvalue weighted by molar-refractivity contribution is 6.01. The van der Waals surface area contributed by atoms with Crippen LogP contribution in [0.1, 0.15) is 0 Å². The standard InChI is InChI=1S/C7H11N5O/c1-10-6(8)12-7(9)11-5-3-2-4-13-5/h2-4H,1H3,(H5,8,9,10,11,12). The molecular weight excluding hydrogens is 170 g/mol. The first kappa shape index (κ1) is 9.11. The first-order valence-electron chi connectivity index (χ1n) is 3.65. The van der Waals surface area contributed by atoms with Crippen molar-refractivity contribution in [3.8, 4) is 0 Å². The molecule has 1 heterocycles. The van der Waals surface area contributed by atoms with E-state index in [4.69, 9.17) is 15.2 Å². The van der Waals surface area contributed by atoms with Crippen LogP contribution in [0.3, 0.4) is 0 Å². The van der Waals surface area contributed by atoms with Gasteiger partial charge in [0.25, 0.3) is 0 Å². The smallest absolute Gasteiger partial charge is 0.202 e. The van der Waals surface area contributed by atoms with Gasteiger partial charge in [0.1, 0.15) is 0 Å². The van der Waals surface area contributed by atoms with Crippen LogP contribution in [-0.2, 0) is 0 Å². The van der Waals surface area contributed by atoms with Crippen LogP contribution in [0.2, 0.25) is 0 Å². The Kier molecular flexibility index (Phi) is 2.91. The molecule has 1 aromatic heterocycles. The van der Waals surface area contributed by atoms with Crippen molar-refractivity contribution in [1.29, 1.82) is 10.8 Å². The molecule has 6 nitrogen and oxygen atoms in total. The van der Waals surface area contributed by atoms with Crippen LogP contribution in [0.5, 0.6) is 0 Å². The van der Waals surface area contributed by atoms with Gasteiger partial charge < -0.3 is 9.73 Å². The second-order valence-electron chi connectivity index (χ2n) is 2.23. The summed E-state index contributed by atoms with van der Waals surface area (Å²) >= 11 is 0. The molecule has 70 valence electrons. The average molecular weight is 181 g/mol. The summed E-state index contributed by atoms with van der Waals surface area (Å²) in [5.41, 5.74) is 0. The summed E-state index contributed by atoms with van der Waals surface area (Å²) in [6.45, 7) is 0. The summed E-state index contributed by atoms with van der Waals surface area (Å²) < 4.78 is 4.94. The highest BCUT2D eigenvalue weighted by Crippen LogP contribution is 2.04. The monoisotopic (exact) mass is 181 g/mol. The lowest BCUT2D eigenvalue weighted by Crippen LogP contribution is -2.41. The van der Waals surface area contributed by atoms with Crippen LogP contribution in [0.4, 0.5) is 5.88 Å². The number of hydrogen-bond donors (Lipinski definition) is 5. The Morgan fingerprint density at radius 3 is 2.69 bits per heavy atom. The van der Waals surface area contributed by atoms with Crippen molar-refractivity contribution >= 4 is 17.8 Å². The van der Waals surface area contributed by atoms with E-state index >= 15 is 0 Å². The molecule has 0 aliphatic carbocycles. The molecule has 0 saturated carbocycles. The molecule has 0 aromatic carbocycles. The fraction of sp³-hybridized carbons (Fsp3) is 0.143. The molecule has 6 heteroatoms. The fourth-order valence-corrected chi connectivity index (χ4v) is 0.692. The maximum atomic E-state index is 7.34. The van der Waals surface area contributed by atoms with Gasteiger partial charge in [-0.05, 0) is 6.07 Å². The summed E-state index contributed by atoms with van der Waals surface area (Å²) in [6.07, 6.45) is 1.50. The number of hydrogen-bond acceptors (Lipinski definition) is 3. The Bertz CT molecular complexity index is 292. The van der Waals surface area contributed by atoms with E-state index in [9.17, 15) is 0 Å². The van der Waals surface area contributed by atoms with E-state index < -0.39 is 0 Å². The first-order valence-corrected chi connectivity index (χ1v) is 3.65. The Labute approximate surface area is 75.3 Å². The highest BCUT2D eigenvalue weighted by atomic mass is 16.3. The maximum absolute atomic E-state index is 7.34. The van der Waals surface area contributed by atoms with Gasteiger partial charge in [0.15, 0.2) is 11.8 Å². The fourth-order valence-electron chi connectivity index (χ4n) is 0.692. The van der Waals surface area contributed by atoms with E-state index in [-0.39, 0.29) is 11.9 Å². The van der Waals surface area contributed by atoms with Crippen molar-refractivity contribution in [1.82, 2.24) is 10.6 Å². The minimum atomic E-state index is -0.0192. The van der Waals surface area contributed by atoms with Crippen molar-refractivity contribution in [3.63, 3.8) is 0 Å². The zero-order chi connectivity index (χ0) is 9.68. The van der Waals surface area contributed by atoms with Gasteiger partial charge in [-0.2, -0.15) is 0 Å². The van der Waals surface area contributed by atoms with Gasteiger partial charge in [-0.3, -0.25) is 21.5 Å². The second kappa shape index (κ2) is 4.15. The Morgan fingerprint density at radius 2 is 2.15 bits per heavy atom. The van der Waals surface area contributed by atoms with Gasteiger partial charge in [0.05, 0.1) is 6.26 Å². The van der Waals surface area contributed by atoms with Crippen LogP contribution in [-0.4, -0.2) is 19.0 Å². The average Bonchev–Trinajstić information content (AvgIpc) is 2.56. The van der Waals surface area contributed by atoms with Gasteiger partial charge in [0, 0.05) is 13.1 Å². The Hall–Kier alpha value is -1.98. The van der Waals surface area contributed by atoms with Crippen molar-refractivity contribution < 1.29 is 4.42 Å². The molecule has 0 spiro atoms. The van der Waals surface area contributed by atoms with E-state index in [1.807, 2.05) is 0 Å². The van der Waals surface area contributed by atoms with E-state index in [0.717, 1.165) is 0 Å². The Balaban J connectivity index is 2.38. The van der Waals surface area contributed by atoms with Crippen LogP contribution in [0.15, 0.2) is 22.8 Å². The van der Waals surface area contributed by atoms with Gasteiger partial charge in [-0.1, -0.05) is 0 Å². The molecule has 0 bridgehead atoms. The minimum absolute atomic E-state index is 0.0192. The molecule has 0 fully saturated rings. The van der Waals surface area contributed by atoms with Crippen molar-refractivity contribution in [2.24, 2.45) is 0 Å². The molecule has 0 aliphatic heterocycles. The third-order valence-electron chi connectivity index (χ3n) is 1.27. The molecule has 0 aliphatic rings. The normalized spacial score (nSPS) is 9.00. The lowest BCUT2D eigenvalue weighted by Gasteiger charge is -2.07. The molecule has 0 radical (unpaired) electrons. The van der Waals surface area contributed by atoms with E-state index in [1.165, 1.54) is 6.26 Å². The number of nitrogens with one attached hydrogen (secondary N) is 5. The van der Waals surface area contributed by atoms with Gasteiger partial charge in [0.2, 0.25) is 5.96 Å². The molecule has 0 atom stereocenters. The molecule has 5 N–H and O–H groups in total. The predicted molar refractivity (Wildman–Crippen MR) is 50.0 cm³/mol. The number of rotatable bonds is 1. The first-order chi connectivity index (χ1) is 6.22. The largest absolute Gasteiger partial charge is 0.449 e. The highest BCUT2D eigenvalue weighted by Gasteiger charge is 2.00. The molecule has 1 rings (SSSR count). The minimum Gasteiger partial charge on any atom is -0.449 e. The molecular formula is C7H11N5O. The van der Waals surface area contributed by atoms with E-state index in [2.05, 4.69) is 16.0 Å². The lowest BCUT2D eigenvalue weighted by molar-refractivity contribution is 0.586. The molecule has 13 heavy (non-hydrogen) atoms. The SMILES string of the molecule is CNC(=N)NC(=N)Nc1ccco1. The summed E-state index contributed by atoms with van der Waals surface area (Å²) in [5.74, 6) is 0.486. The van der Waals surface area contributed by atoms with Crippen molar-refractivity contribution in [3.05, 3.63) is 18.4 Å². The topological polar surface area (TPSA) is 96.9 Å². The summed E-state index contributed by atoms with van der Waals surface area (Å²) in [6, 6.07) is 3.39. The van der Waals surface area contributed by atoms with Crippen molar-refractivity contribution in [2.75, 3.05) is 12.4 Å². The zero-order valence-electron chi connectivity index (χ0n) is 7.14. The quantitative estimate of drug-likeness (QED) is 0.319. The number of anilines is 1. The molecule has 1 aromatic rings. The molecule has 0 saturated heterocycles. The molecule has 0 unspecified atom stereocenters. The van der Waals surface area contributed by atoms with Gasteiger partial charge >= 0.3 is 0 Å². The van der Waals surface area contributed by atoms with Crippen LogP contribution < -0.4 is 16.0 Å². The third-order valence-corrected chi connectivity index (χ3v) is 1.27. The second-order valence-corrected chi connectivity index (χ2v) is 2.23. The number of guanidine groups is 2. The zero-order valence-corrected chi connectivity index (χ0v) is 7.14. The maximum Gasteiger partial charge on any atom is 0.202 e. The van der Waals surface area contributed by atoms with Gasteiger partial charge in [-0.25, -0.2) is 0 Å². The third kappa shape index (κ3) is 2.86. The summed E-state index contributed by atoms with van der Waals surface area (Å²) in [5, 5.41) is 22.1. The van der Waals surface area contributed by atoms with Crippen LogP contribution >= 0.6 is 0 Å². The number of furan rings is 1. The van der Waals surface area contributed by atoms with Crippen LogP contribution in [0.25, 0.3) is 0 Å². The Morgan fingerprint density at radius 1 is 1.38 bits per heavy atom. The summed E-state index contributed by atoms with van der Waals surface area (Å²) in [7, 11) is 1.59. The van der Waals surface area contributed by atoms with Gasteiger partial charge in [-0.15, -0.1) is 0 Å². The molecule has 0 amide bonds. The summed E-state index contributed by atoms with van der Waals surface area (Å²) in [4.78, 5) is 0. The lowest BCUT2D eigenvalue weighted by atomic mass is 10.6.